The summed E-state index contributed by atoms with van der Waals surface area (Å²) in [5.74, 6) is 0. The molecule has 3 rings (SSSR count). The maximum Gasteiger partial charge on any atom is 0.0576 e. The van der Waals surface area contributed by atoms with Gasteiger partial charge in [-0.1, -0.05) is 32.0 Å². The van der Waals surface area contributed by atoms with Crippen LogP contribution in [0.5, 0.6) is 0 Å². The van der Waals surface area contributed by atoms with E-state index in [1.54, 1.807) is 0 Å². The summed E-state index contributed by atoms with van der Waals surface area (Å²) in [6.45, 7) is 5.62. The second-order valence-corrected chi connectivity index (χ2v) is 6.45. The fourth-order valence-corrected chi connectivity index (χ4v) is 3.81. The average Bonchev–Trinajstić information content (AvgIpc) is 2.71. The second-order valence-electron chi connectivity index (χ2n) is 5.37. The summed E-state index contributed by atoms with van der Waals surface area (Å²) in [4.78, 5) is 6.13. The van der Waals surface area contributed by atoms with Gasteiger partial charge in [-0.2, -0.15) is 0 Å². The molecular formula is C15H17NS. The molecule has 0 spiro atoms. The normalized spacial score (nSPS) is 19.3. The van der Waals surface area contributed by atoms with E-state index >= 15 is 0 Å². The van der Waals surface area contributed by atoms with Crippen LogP contribution in [0.2, 0.25) is 0 Å². The molecule has 17 heavy (non-hydrogen) atoms. The lowest BCUT2D eigenvalue weighted by Crippen LogP contribution is -2.28. The highest BCUT2D eigenvalue weighted by Crippen LogP contribution is 2.36. The van der Waals surface area contributed by atoms with Crippen molar-refractivity contribution in [2.24, 2.45) is 10.4 Å². The number of benzene rings is 1. The zero-order valence-electron chi connectivity index (χ0n) is 10.4. The Morgan fingerprint density at radius 3 is 2.82 bits per heavy atom. The summed E-state index contributed by atoms with van der Waals surface area (Å²) >= 11 is 1.88. The molecule has 0 fully saturated rings. The smallest absolute Gasteiger partial charge is 0.0576 e. The van der Waals surface area contributed by atoms with E-state index in [0.717, 1.165) is 6.54 Å². The quantitative estimate of drug-likeness (QED) is 0.698. The molecule has 0 amide bonds. The van der Waals surface area contributed by atoms with Crippen molar-refractivity contribution in [3.63, 3.8) is 0 Å². The Labute approximate surface area is 106 Å². The lowest BCUT2D eigenvalue weighted by atomic mass is 9.80. The number of hydrogen-bond donors (Lipinski definition) is 0. The van der Waals surface area contributed by atoms with Gasteiger partial charge in [0.2, 0.25) is 0 Å². The zero-order valence-corrected chi connectivity index (χ0v) is 11.2. The summed E-state index contributed by atoms with van der Waals surface area (Å²) in [6, 6.07) is 10.9. The van der Waals surface area contributed by atoms with E-state index in [2.05, 4.69) is 44.2 Å². The fraction of sp³-hybridized carbons (Fsp3) is 0.400. The highest BCUT2D eigenvalue weighted by atomic mass is 32.1. The molecule has 1 aromatic heterocycles. The molecular weight excluding hydrogens is 226 g/mol. The summed E-state index contributed by atoms with van der Waals surface area (Å²) < 4.78 is 1.37. The topological polar surface area (TPSA) is 12.4 Å². The lowest BCUT2D eigenvalue weighted by Gasteiger charge is -2.29. The predicted octanol–water partition coefficient (Wildman–Crippen LogP) is 4.51. The van der Waals surface area contributed by atoms with Crippen molar-refractivity contribution >= 4 is 27.1 Å². The van der Waals surface area contributed by atoms with Crippen LogP contribution in [0.4, 0.5) is 0 Å². The van der Waals surface area contributed by atoms with Crippen molar-refractivity contribution in [1.82, 2.24) is 0 Å². The van der Waals surface area contributed by atoms with Crippen LogP contribution >= 0.6 is 11.3 Å². The van der Waals surface area contributed by atoms with Crippen molar-refractivity contribution < 1.29 is 0 Å². The van der Waals surface area contributed by atoms with Gasteiger partial charge in [0.15, 0.2) is 0 Å². The van der Waals surface area contributed by atoms with Crippen LogP contribution in [-0.2, 0) is 0 Å². The Morgan fingerprint density at radius 1 is 1.24 bits per heavy atom. The third-order valence-corrected chi connectivity index (χ3v) is 4.65. The molecule has 0 saturated heterocycles. The number of aliphatic imine (C=N–C) groups is 1. The van der Waals surface area contributed by atoms with Gasteiger partial charge in [0.1, 0.15) is 0 Å². The van der Waals surface area contributed by atoms with Gasteiger partial charge in [0.25, 0.3) is 0 Å². The molecule has 0 bridgehead atoms. The zero-order chi connectivity index (χ0) is 11.9. The molecule has 0 atom stereocenters. The minimum absolute atomic E-state index is 0.235. The Kier molecular flexibility index (Phi) is 2.55. The van der Waals surface area contributed by atoms with E-state index < -0.39 is 0 Å². The Balaban J connectivity index is 2.12. The van der Waals surface area contributed by atoms with Crippen molar-refractivity contribution in [2.45, 2.75) is 26.7 Å². The summed E-state index contributed by atoms with van der Waals surface area (Å²) in [5.41, 5.74) is 1.55. The van der Waals surface area contributed by atoms with E-state index in [-0.39, 0.29) is 5.41 Å². The highest BCUT2D eigenvalue weighted by Gasteiger charge is 2.29. The van der Waals surface area contributed by atoms with E-state index in [1.807, 2.05) is 11.3 Å². The molecule has 0 radical (unpaired) electrons. The first-order valence-electron chi connectivity index (χ1n) is 6.21. The SMILES string of the molecule is CC1(C)CCCN=C1c1cc2ccccc2s1. The third kappa shape index (κ3) is 1.91. The van der Waals surface area contributed by atoms with Gasteiger partial charge in [0, 0.05) is 21.5 Å². The Bertz CT molecular complexity index is 544. The first-order valence-corrected chi connectivity index (χ1v) is 7.02. The molecule has 0 aliphatic carbocycles. The van der Waals surface area contributed by atoms with E-state index in [4.69, 9.17) is 4.99 Å². The van der Waals surface area contributed by atoms with Gasteiger partial charge in [-0.3, -0.25) is 4.99 Å². The molecule has 2 heterocycles. The molecule has 1 nitrogen and oxygen atoms in total. The van der Waals surface area contributed by atoms with Crippen LogP contribution in [0, 0.1) is 5.41 Å². The van der Waals surface area contributed by atoms with Gasteiger partial charge in [-0.15, -0.1) is 11.3 Å². The molecule has 0 saturated carbocycles. The average molecular weight is 243 g/mol. The minimum Gasteiger partial charge on any atom is -0.288 e. The standard InChI is InChI=1S/C15H17NS/c1-15(2)8-5-9-16-14(15)13-10-11-6-3-4-7-12(11)17-13/h3-4,6-7,10H,5,8-9H2,1-2H3. The van der Waals surface area contributed by atoms with Crippen LogP contribution in [-0.4, -0.2) is 12.3 Å². The molecule has 0 N–H and O–H groups in total. The van der Waals surface area contributed by atoms with Gasteiger partial charge >= 0.3 is 0 Å². The first-order chi connectivity index (χ1) is 8.17. The van der Waals surface area contributed by atoms with E-state index in [9.17, 15) is 0 Å². The number of fused-ring (bicyclic) bond motifs is 1. The summed E-state index contributed by atoms with van der Waals surface area (Å²) in [5, 5.41) is 1.34. The number of rotatable bonds is 1. The minimum atomic E-state index is 0.235. The maximum absolute atomic E-state index is 4.77. The Hall–Kier alpha value is -1.15. The molecule has 1 aromatic carbocycles. The monoisotopic (exact) mass is 243 g/mol. The van der Waals surface area contributed by atoms with Crippen LogP contribution < -0.4 is 0 Å². The predicted molar refractivity (Wildman–Crippen MR) is 76.2 cm³/mol. The lowest BCUT2D eigenvalue weighted by molar-refractivity contribution is 0.441. The summed E-state index contributed by atoms with van der Waals surface area (Å²) in [6.07, 6.45) is 2.47. The fourth-order valence-electron chi connectivity index (χ4n) is 2.55. The number of nitrogens with zero attached hydrogens (tertiary/aromatic N) is 1. The van der Waals surface area contributed by atoms with Gasteiger partial charge < -0.3 is 0 Å². The molecule has 0 unspecified atom stereocenters. The van der Waals surface area contributed by atoms with Crippen LogP contribution in [0.15, 0.2) is 35.3 Å². The van der Waals surface area contributed by atoms with Crippen molar-refractivity contribution in [1.29, 1.82) is 0 Å². The van der Waals surface area contributed by atoms with Crippen molar-refractivity contribution in [3.05, 3.63) is 35.2 Å². The largest absolute Gasteiger partial charge is 0.288 e. The Morgan fingerprint density at radius 2 is 2.06 bits per heavy atom. The number of thiophene rings is 1. The van der Waals surface area contributed by atoms with Gasteiger partial charge in [-0.05, 0) is 30.4 Å². The number of hydrogen-bond acceptors (Lipinski definition) is 2. The maximum atomic E-state index is 4.77. The third-order valence-electron chi connectivity index (χ3n) is 3.53. The molecule has 1 aliphatic rings. The van der Waals surface area contributed by atoms with Crippen LogP contribution in [0.3, 0.4) is 0 Å². The van der Waals surface area contributed by atoms with Crippen molar-refractivity contribution in [3.8, 4) is 0 Å². The first kappa shape index (κ1) is 11.0. The summed E-state index contributed by atoms with van der Waals surface area (Å²) in [7, 11) is 0. The van der Waals surface area contributed by atoms with E-state index in [1.165, 1.54) is 33.5 Å². The van der Waals surface area contributed by atoms with E-state index in [0.29, 0.717) is 0 Å². The highest BCUT2D eigenvalue weighted by molar-refractivity contribution is 7.21. The van der Waals surface area contributed by atoms with Gasteiger partial charge in [-0.25, -0.2) is 0 Å². The molecule has 1 aliphatic heterocycles. The molecule has 2 aromatic rings. The second kappa shape index (κ2) is 3.95. The van der Waals surface area contributed by atoms with Crippen molar-refractivity contribution in [2.75, 3.05) is 6.54 Å². The van der Waals surface area contributed by atoms with Crippen LogP contribution in [0.25, 0.3) is 10.1 Å². The van der Waals surface area contributed by atoms with Crippen LogP contribution in [0.1, 0.15) is 31.6 Å². The molecule has 88 valence electrons. The van der Waals surface area contributed by atoms with Gasteiger partial charge in [0.05, 0.1) is 5.71 Å². The molecule has 2 heteroatoms.